The van der Waals surface area contributed by atoms with Gasteiger partial charge in [0.25, 0.3) is 0 Å². The molecular formula is C9H15N5O. The van der Waals surface area contributed by atoms with E-state index in [2.05, 4.69) is 20.9 Å². The Morgan fingerprint density at radius 2 is 2.60 bits per heavy atom. The van der Waals surface area contributed by atoms with Crippen LogP contribution in [0.1, 0.15) is 18.5 Å². The molecule has 6 heteroatoms. The fourth-order valence-corrected chi connectivity index (χ4v) is 1.67. The van der Waals surface area contributed by atoms with Crippen molar-refractivity contribution >= 4 is 5.91 Å². The predicted molar refractivity (Wildman–Crippen MR) is 53.9 cm³/mol. The van der Waals surface area contributed by atoms with Gasteiger partial charge >= 0.3 is 0 Å². The number of carbonyl (C=O) groups excluding carboxylic acids is 1. The third-order valence-electron chi connectivity index (χ3n) is 2.46. The van der Waals surface area contributed by atoms with E-state index in [1.165, 1.54) is 0 Å². The molecule has 0 aliphatic carbocycles. The first-order valence-corrected chi connectivity index (χ1v) is 5.12. The zero-order valence-electron chi connectivity index (χ0n) is 8.73. The molecule has 0 bridgehead atoms. The second-order valence-electron chi connectivity index (χ2n) is 3.75. The molecule has 82 valence electrons. The Hall–Kier alpha value is -1.43. The van der Waals surface area contributed by atoms with Crippen LogP contribution in [0.2, 0.25) is 0 Å². The van der Waals surface area contributed by atoms with Gasteiger partial charge in [-0.25, -0.2) is 0 Å². The van der Waals surface area contributed by atoms with Crippen molar-refractivity contribution in [1.29, 1.82) is 0 Å². The van der Waals surface area contributed by atoms with Crippen LogP contribution in [0.25, 0.3) is 0 Å². The van der Waals surface area contributed by atoms with Crippen molar-refractivity contribution in [2.75, 3.05) is 6.54 Å². The molecule has 1 atom stereocenters. The third kappa shape index (κ3) is 2.53. The number of rotatable bonds is 3. The highest BCUT2D eigenvalue weighted by Crippen LogP contribution is 2.03. The summed E-state index contributed by atoms with van der Waals surface area (Å²) in [6.07, 6.45) is 3.77. The van der Waals surface area contributed by atoms with E-state index >= 15 is 0 Å². The normalized spacial score (nSPS) is 21.4. The Labute approximate surface area is 88.0 Å². The Bertz CT molecular complexity index is 348. The van der Waals surface area contributed by atoms with Gasteiger partial charge in [0.15, 0.2) is 0 Å². The molecular weight excluding hydrogens is 194 g/mol. The molecule has 1 aromatic heterocycles. The quantitative estimate of drug-likeness (QED) is 0.682. The number of aromatic nitrogens is 3. The smallest absolute Gasteiger partial charge is 0.237 e. The third-order valence-corrected chi connectivity index (χ3v) is 2.46. The summed E-state index contributed by atoms with van der Waals surface area (Å²) < 4.78 is 1.65. The van der Waals surface area contributed by atoms with E-state index in [1.807, 2.05) is 13.2 Å². The summed E-state index contributed by atoms with van der Waals surface area (Å²) in [5, 5.41) is 13.8. The first-order valence-electron chi connectivity index (χ1n) is 5.12. The van der Waals surface area contributed by atoms with E-state index in [9.17, 15) is 4.79 Å². The topological polar surface area (TPSA) is 71.8 Å². The van der Waals surface area contributed by atoms with E-state index < -0.39 is 0 Å². The lowest BCUT2D eigenvalue weighted by atomic mass is 10.1. The summed E-state index contributed by atoms with van der Waals surface area (Å²) in [6.45, 7) is 1.38. The monoisotopic (exact) mass is 209 g/mol. The summed E-state index contributed by atoms with van der Waals surface area (Å²) in [7, 11) is 1.82. The van der Waals surface area contributed by atoms with Gasteiger partial charge < -0.3 is 10.6 Å². The van der Waals surface area contributed by atoms with Crippen LogP contribution < -0.4 is 10.6 Å². The number of nitrogens with zero attached hydrogens (tertiary/aromatic N) is 3. The average molecular weight is 209 g/mol. The largest absolute Gasteiger partial charge is 0.355 e. The maximum atomic E-state index is 11.4. The molecule has 0 radical (unpaired) electrons. The number of nitrogens with one attached hydrogen (secondary N) is 2. The summed E-state index contributed by atoms with van der Waals surface area (Å²) in [5.74, 6) is 0.0881. The number of hydrogen-bond acceptors (Lipinski definition) is 4. The Kier molecular flexibility index (Phi) is 2.96. The summed E-state index contributed by atoms with van der Waals surface area (Å²) >= 11 is 0. The highest BCUT2D eigenvalue weighted by atomic mass is 16.2. The van der Waals surface area contributed by atoms with E-state index in [0.717, 1.165) is 25.1 Å². The molecule has 15 heavy (non-hydrogen) atoms. The van der Waals surface area contributed by atoms with Gasteiger partial charge in [-0.3, -0.25) is 9.48 Å². The van der Waals surface area contributed by atoms with Crippen LogP contribution in [0.3, 0.4) is 0 Å². The maximum Gasteiger partial charge on any atom is 0.237 e. The van der Waals surface area contributed by atoms with E-state index in [4.69, 9.17) is 0 Å². The fraction of sp³-hybridized carbons (Fsp3) is 0.667. The summed E-state index contributed by atoms with van der Waals surface area (Å²) in [4.78, 5) is 11.4. The molecule has 2 rings (SSSR count). The van der Waals surface area contributed by atoms with Crippen molar-refractivity contribution in [3.8, 4) is 0 Å². The maximum absolute atomic E-state index is 11.4. The van der Waals surface area contributed by atoms with Gasteiger partial charge in [0.1, 0.15) is 0 Å². The summed E-state index contributed by atoms with van der Waals surface area (Å²) in [6, 6.07) is -0.0826. The molecule has 1 aliphatic heterocycles. The second kappa shape index (κ2) is 4.39. The Morgan fingerprint density at radius 1 is 1.73 bits per heavy atom. The number of aryl methyl sites for hydroxylation is 1. The van der Waals surface area contributed by atoms with Crippen molar-refractivity contribution in [2.24, 2.45) is 7.05 Å². The van der Waals surface area contributed by atoms with Crippen molar-refractivity contribution in [3.05, 3.63) is 11.9 Å². The molecule has 2 heterocycles. The van der Waals surface area contributed by atoms with Crippen LogP contribution in [0.15, 0.2) is 6.20 Å². The van der Waals surface area contributed by atoms with Crippen LogP contribution >= 0.6 is 0 Å². The predicted octanol–water partition coefficient (Wildman–Crippen LogP) is -0.817. The van der Waals surface area contributed by atoms with Crippen molar-refractivity contribution in [2.45, 2.75) is 25.4 Å². The lowest BCUT2D eigenvalue weighted by Gasteiger charge is -2.22. The molecule has 2 N–H and O–H groups in total. The van der Waals surface area contributed by atoms with Crippen LogP contribution in [-0.4, -0.2) is 33.5 Å². The van der Waals surface area contributed by atoms with Gasteiger partial charge in [0, 0.05) is 26.3 Å². The highest BCUT2D eigenvalue weighted by molar-refractivity contribution is 5.82. The number of amides is 1. The average Bonchev–Trinajstić information content (AvgIpc) is 2.63. The van der Waals surface area contributed by atoms with E-state index in [0.29, 0.717) is 6.54 Å². The SMILES string of the molecule is Cn1cc(CNC2CCCNC2=O)nn1. The molecule has 1 saturated heterocycles. The minimum absolute atomic E-state index is 0.0826. The molecule has 0 aromatic carbocycles. The highest BCUT2D eigenvalue weighted by Gasteiger charge is 2.21. The molecule has 1 amide bonds. The number of piperidine rings is 1. The van der Waals surface area contributed by atoms with Crippen LogP contribution in [-0.2, 0) is 18.4 Å². The van der Waals surface area contributed by atoms with Crippen molar-refractivity contribution in [1.82, 2.24) is 25.6 Å². The molecule has 1 unspecified atom stereocenters. The van der Waals surface area contributed by atoms with Gasteiger partial charge in [-0.1, -0.05) is 5.21 Å². The standard InChI is InChI=1S/C9H15N5O/c1-14-6-7(12-13-14)5-11-8-3-2-4-10-9(8)15/h6,8,11H,2-5H2,1H3,(H,10,15). The first kappa shape index (κ1) is 10.1. The minimum atomic E-state index is -0.0826. The summed E-state index contributed by atoms with van der Waals surface area (Å²) in [5.41, 5.74) is 0.857. The molecule has 6 nitrogen and oxygen atoms in total. The van der Waals surface area contributed by atoms with Crippen LogP contribution in [0.4, 0.5) is 0 Å². The zero-order valence-corrected chi connectivity index (χ0v) is 8.73. The van der Waals surface area contributed by atoms with Gasteiger partial charge in [-0.05, 0) is 12.8 Å². The van der Waals surface area contributed by atoms with Gasteiger partial charge in [-0.15, -0.1) is 5.10 Å². The van der Waals surface area contributed by atoms with Gasteiger partial charge in [0.05, 0.1) is 11.7 Å². The molecule has 1 aromatic rings. The van der Waals surface area contributed by atoms with E-state index in [1.54, 1.807) is 4.68 Å². The minimum Gasteiger partial charge on any atom is -0.355 e. The van der Waals surface area contributed by atoms with E-state index in [-0.39, 0.29) is 11.9 Å². The molecule has 1 fully saturated rings. The van der Waals surface area contributed by atoms with Crippen LogP contribution in [0.5, 0.6) is 0 Å². The lowest BCUT2D eigenvalue weighted by molar-refractivity contribution is -0.124. The van der Waals surface area contributed by atoms with Crippen LogP contribution in [0, 0.1) is 0 Å². The fourth-order valence-electron chi connectivity index (χ4n) is 1.67. The number of hydrogen-bond donors (Lipinski definition) is 2. The molecule has 0 saturated carbocycles. The van der Waals surface area contributed by atoms with Gasteiger partial charge in [0.2, 0.25) is 5.91 Å². The van der Waals surface area contributed by atoms with Crippen molar-refractivity contribution < 1.29 is 4.79 Å². The zero-order chi connectivity index (χ0) is 10.7. The first-order chi connectivity index (χ1) is 7.25. The lowest BCUT2D eigenvalue weighted by Crippen LogP contribution is -2.47. The molecule has 1 aliphatic rings. The second-order valence-corrected chi connectivity index (χ2v) is 3.75. The van der Waals surface area contributed by atoms with Crippen molar-refractivity contribution in [3.63, 3.8) is 0 Å². The Morgan fingerprint density at radius 3 is 3.27 bits per heavy atom. The number of carbonyl (C=O) groups is 1. The van der Waals surface area contributed by atoms with Gasteiger partial charge in [-0.2, -0.15) is 0 Å². The Balaban J connectivity index is 1.84. The molecule has 0 spiro atoms.